The van der Waals surface area contributed by atoms with E-state index in [0.717, 1.165) is 0 Å². The van der Waals surface area contributed by atoms with Gasteiger partial charge in [0.25, 0.3) is 0 Å². The average molecular weight is 195 g/mol. The second-order valence-electron chi connectivity index (χ2n) is 2.78. The molecule has 0 saturated carbocycles. The molecule has 1 heterocycles. The zero-order chi connectivity index (χ0) is 10.4. The van der Waals surface area contributed by atoms with Crippen LogP contribution in [0, 0.1) is 0 Å². The van der Waals surface area contributed by atoms with Gasteiger partial charge in [-0.3, -0.25) is 4.79 Å². The zero-order valence-electron chi connectivity index (χ0n) is 8.32. The molecule has 4 nitrogen and oxygen atoms in total. The number of ketones is 1. The highest BCUT2D eigenvalue weighted by atomic mass is 16.5. The Morgan fingerprint density at radius 2 is 2.29 bits per heavy atom. The van der Waals surface area contributed by atoms with Crippen molar-refractivity contribution in [3.63, 3.8) is 0 Å². The summed E-state index contributed by atoms with van der Waals surface area (Å²) in [4.78, 5) is 15.0. The van der Waals surface area contributed by atoms with Gasteiger partial charge in [-0.2, -0.15) is 0 Å². The molecule has 1 aromatic heterocycles. The maximum absolute atomic E-state index is 11.0. The fourth-order valence-electron chi connectivity index (χ4n) is 0.937. The van der Waals surface area contributed by atoms with E-state index in [1.807, 2.05) is 0 Å². The minimum absolute atomic E-state index is 0.00370. The number of hydrogen-bond donors (Lipinski definition) is 0. The van der Waals surface area contributed by atoms with E-state index in [-0.39, 0.29) is 5.78 Å². The van der Waals surface area contributed by atoms with Crippen molar-refractivity contribution in [2.45, 2.75) is 6.92 Å². The number of ether oxygens (including phenoxy) is 2. The molecule has 0 spiro atoms. The number of methoxy groups -OCH3 is 1. The lowest BCUT2D eigenvalue weighted by atomic mass is 10.2. The Labute approximate surface area is 82.9 Å². The number of hydrogen-bond acceptors (Lipinski definition) is 4. The molecule has 0 N–H and O–H groups in total. The van der Waals surface area contributed by atoms with Crippen molar-refractivity contribution in [1.82, 2.24) is 4.98 Å². The molecule has 1 rings (SSSR count). The van der Waals surface area contributed by atoms with Crippen LogP contribution < -0.4 is 4.74 Å². The lowest BCUT2D eigenvalue weighted by molar-refractivity contribution is 0.101. The van der Waals surface area contributed by atoms with Gasteiger partial charge in [0.05, 0.1) is 6.61 Å². The third-order valence-electron chi connectivity index (χ3n) is 1.68. The molecule has 0 unspecified atom stereocenters. The molecule has 0 aliphatic heterocycles. The predicted molar refractivity (Wildman–Crippen MR) is 51.6 cm³/mol. The van der Waals surface area contributed by atoms with Crippen LogP contribution in [0.1, 0.15) is 17.3 Å². The number of nitrogens with zero attached hydrogens (tertiary/aromatic N) is 1. The van der Waals surface area contributed by atoms with E-state index in [2.05, 4.69) is 4.98 Å². The normalized spacial score (nSPS) is 9.86. The summed E-state index contributed by atoms with van der Waals surface area (Å²) in [7, 11) is 1.60. The van der Waals surface area contributed by atoms with Crippen LogP contribution >= 0.6 is 0 Å². The fraction of sp³-hybridized carbons (Fsp3) is 0.400. The Bertz CT molecular complexity index is 312. The summed E-state index contributed by atoms with van der Waals surface area (Å²) in [5.41, 5.74) is 0.604. The van der Waals surface area contributed by atoms with Crippen LogP contribution in [0.15, 0.2) is 18.3 Å². The van der Waals surface area contributed by atoms with E-state index in [1.165, 1.54) is 6.92 Å². The first-order valence-electron chi connectivity index (χ1n) is 4.33. The number of carbonyl (C=O) groups excluding carboxylic acids is 1. The van der Waals surface area contributed by atoms with Gasteiger partial charge in [-0.1, -0.05) is 0 Å². The molecule has 14 heavy (non-hydrogen) atoms. The Morgan fingerprint density at radius 3 is 2.93 bits per heavy atom. The minimum Gasteiger partial charge on any atom is -0.475 e. The fourth-order valence-corrected chi connectivity index (χ4v) is 0.937. The van der Waals surface area contributed by atoms with Gasteiger partial charge < -0.3 is 9.47 Å². The Hall–Kier alpha value is -1.42. The lowest BCUT2D eigenvalue weighted by Crippen LogP contribution is -2.06. The SMILES string of the molecule is COCCOc1cc(C(C)=O)ccn1. The Kier molecular flexibility index (Phi) is 4.07. The molecule has 0 atom stereocenters. The molecule has 0 saturated heterocycles. The van der Waals surface area contributed by atoms with Crippen molar-refractivity contribution in [3.8, 4) is 5.88 Å². The largest absolute Gasteiger partial charge is 0.475 e. The molecule has 4 heteroatoms. The van der Waals surface area contributed by atoms with Gasteiger partial charge in [-0.15, -0.1) is 0 Å². The highest BCUT2D eigenvalue weighted by Crippen LogP contribution is 2.09. The summed E-state index contributed by atoms with van der Waals surface area (Å²) in [5.74, 6) is 0.457. The highest BCUT2D eigenvalue weighted by Gasteiger charge is 2.01. The van der Waals surface area contributed by atoms with Crippen molar-refractivity contribution in [1.29, 1.82) is 0 Å². The number of carbonyl (C=O) groups is 1. The summed E-state index contributed by atoms with van der Waals surface area (Å²) < 4.78 is 10.1. The van der Waals surface area contributed by atoms with Gasteiger partial charge in [0.2, 0.25) is 5.88 Å². The van der Waals surface area contributed by atoms with Gasteiger partial charge >= 0.3 is 0 Å². The van der Waals surface area contributed by atoms with E-state index >= 15 is 0 Å². The smallest absolute Gasteiger partial charge is 0.213 e. The number of Topliss-reactive ketones (excluding diaryl/α,β-unsaturated/α-hetero) is 1. The summed E-state index contributed by atoms with van der Waals surface area (Å²) in [6.45, 7) is 2.45. The van der Waals surface area contributed by atoms with Crippen molar-refractivity contribution in [3.05, 3.63) is 23.9 Å². The van der Waals surface area contributed by atoms with E-state index in [4.69, 9.17) is 9.47 Å². The zero-order valence-corrected chi connectivity index (χ0v) is 8.32. The van der Waals surface area contributed by atoms with Crippen molar-refractivity contribution in [2.75, 3.05) is 20.3 Å². The molecule has 0 bridgehead atoms. The summed E-state index contributed by atoms with van der Waals surface area (Å²) in [5, 5.41) is 0. The van der Waals surface area contributed by atoms with Crippen molar-refractivity contribution in [2.24, 2.45) is 0 Å². The molecule has 1 aromatic rings. The second-order valence-corrected chi connectivity index (χ2v) is 2.78. The van der Waals surface area contributed by atoms with Gasteiger partial charge in [-0.25, -0.2) is 4.98 Å². The average Bonchev–Trinajstić information content (AvgIpc) is 2.19. The standard InChI is InChI=1S/C10H13NO3/c1-8(12)9-3-4-11-10(7-9)14-6-5-13-2/h3-4,7H,5-6H2,1-2H3. The first-order valence-corrected chi connectivity index (χ1v) is 4.33. The molecular weight excluding hydrogens is 182 g/mol. The summed E-state index contributed by atoms with van der Waals surface area (Å²) >= 11 is 0. The second kappa shape index (κ2) is 5.34. The number of pyridine rings is 1. The van der Waals surface area contributed by atoms with Gasteiger partial charge in [-0.05, 0) is 13.0 Å². The predicted octanol–water partition coefficient (Wildman–Crippen LogP) is 1.31. The third-order valence-corrected chi connectivity index (χ3v) is 1.68. The molecule has 0 fully saturated rings. The molecule has 0 radical (unpaired) electrons. The summed E-state index contributed by atoms with van der Waals surface area (Å²) in [6.07, 6.45) is 1.55. The minimum atomic E-state index is 0.00370. The van der Waals surface area contributed by atoms with Crippen molar-refractivity contribution >= 4 is 5.78 Å². The quantitative estimate of drug-likeness (QED) is 0.525. The molecule has 0 aliphatic carbocycles. The molecule has 0 aliphatic rings. The van der Waals surface area contributed by atoms with Crippen LogP contribution in [0.5, 0.6) is 5.88 Å². The maximum atomic E-state index is 11.0. The highest BCUT2D eigenvalue weighted by molar-refractivity contribution is 5.94. The van der Waals surface area contributed by atoms with Gasteiger partial charge in [0.15, 0.2) is 5.78 Å². The van der Waals surface area contributed by atoms with Gasteiger partial charge in [0.1, 0.15) is 6.61 Å². The van der Waals surface area contributed by atoms with E-state index in [0.29, 0.717) is 24.7 Å². The van der Waals surface area contributed by atoms with E-state index in [1.54, 1.807) is 25.4 Å². The van der Waals surface area contributed by atoms with Crippen LogP contribution in [-0.4, -0.2) is 31.1 Å². The maximum Gasteiger partial charge on any atom is 0.213 e. The van der Waals surface area contributed by atoms with Crippen LogP contribution in [0.2, 0.25) is 0 Å². The Morgan fingerprint density at radius 1 is 1.50 bits per heavy atom. The monoisotopic (exact) mass is 195 g/mol. The molecule has 76 valence electrons. The molecular formula is C10H13NO3. The lowest BCUT2D eigenvalue weighted by Gasteiger charge is -2.04. The number of aromatic nitrogens is 1. The van der Waals surface area contributed by atoms with Crippen LogP contribution in [0.4, 0.5) is 0 Å². The molecule has 0 aromatic carbocycles. The molecule has 0 amide bonds. The van der Waals surface area contributed by atoms with Crippen molar-refractivity contribution < 1.29 is 14.3 Å². The third kappa shape index (κ3) is 3.14. The van der Waals surface area contributed by atoms with E-state index < -0.39 is 0 Å². The van der Waals surface area contributed by atoms with E-state index in [9.17, 15) is 4.79 Å². The summed E-state index contributed by atoms with van der Waals surface area (Å²) in [6, 6.07) is 3.28. The van der Waals surface area contributed by atoms with Crippen LogP contribution in [-0.2, 0) is 4.74 Å². The van der Waals surface area contributed by atoms with Crippen LogP contribution in [0.3, 0.4) is 0 Å². The van der Waals surface area contributed by atoms with Crippen LogP contribution in [0.25, 0.3) is 0 Å². The first-order chi connectivity index (χ1) is 6.74. The van der Waals surface area contributed by atoms with Gasteiger partial charge in [0, 0.05) is 24.9 Å². The number of rotatable bonds is 5. The topological polar surface area (TPSA) is 48.4 Å². The Balaban J connectivity index is 2.59. The first kappa shape index (κ1) is 10.7.